The number of nitrogens with one attached hydrogen (secondary N) is 1. The number of carbonyl (C=O) groups excluding carboxylic acids is 2. The molecule has 0 aromatic rings. The zero-order valence-electron chi connectivity index (χ0n) is 27.7. The molecule has 1 amide bonds. The minimum atomic E-state index is -2.40. The molecule has 1 aliphatic rings. The Balaban J connectivity index is 3.66. The fourth-order valence-electron chi connectivity index (χ4n) is 4.35. The highest BCUT2D eigenvalue weighted by Crippen LogP contribution is 2.47. The minimum Gasteiger partial charge on any atom is -0.461 e. The van der Waals surface area contributed by atoms with Gasteiger partial charge in [-0.15, -0.1) is 0 Å². The quantitative estimate of drug-likeness (QED) is 0.153. The average molecular weight is 602 g/mol. The highest BCUT2D eigenvalue weighted by molar-refractivity contribution is 6.74. The predicted octanol–water partition coefficient (Wildman–Crippen LogP) is 5.55. The Morgan fingerprint density at radius 2 is 1.65 bits per heavy atom. The lowest BCUT2D eigenvalue weighted by atomic mass is 9.68. The maximum atomic E-state index is 14.0. The first-order valence-electron chi connectivity index (χ1n) is 14.7. The molecule has 10 heteroatoms. The highest BCUT2D eigenvalue weighted by atomic mass is 28.4. The number of rotatable bonds is 12. The number of hydrogen-bond donors (Lipinski definition) is 3. The molecule has 6 atom stereocenters. The Labute approximate surface area is 245 Å². The van der Waals surface area contributed by atoms with Crippen LogP contribution in [0.5, 0.6) is 0 Å². The van der Waals surface area contributed by atoms with E-state index in [1.807, 2.05) is 26.8 Å². The van der Waals surface area contributed by atoms with Crippen molar-refractivity contribution in [3.05, 3.63) is 11.6 Å². The molecule has 1 unspecified atom stereocenters. The van der Waals surface area contributed by atoms with Crippen LogP contribution in [0.15, 0.2) is 11.6 Å². The van der Waals surface area contributed by atoms with E-state index < -0.39 is 59.0 Å². The van der Waals surface area contributed by atoms with E-state index in [9.17, 15) is 19.8 Å². The summed E-state index contributed by atoms with van der Waals surface area (Å²) in [5, 5.41) is 22.7. The van der Waals surface area contributed by atoms with Crippen molar-refractivity contribution >= 4 is 28.5 Å². The molecule has 8 nitrogen and oxygen atoms in total. The largest absolute Gasteiger partial charge is 0.461 e. The van der Waals surface area contributed by atoms with E-state index in [-0.39, 0.29) is 34.7 Å². The molecule has 0 radical (unpaired) electrons. The maximum absolute atomic E-state index is 14.0. The fourth-order valence-corrected chi connectivity index (χ4v) is 6.82. The predicted molar refractivity (Wildman–Crippen MR) is 166 cm³/mol. The smallest absolute Gasteiger partial charge is 0.317 e. The number of carbonyl (C=O) groups is 2. The topological polar surface area (TPSA) is 114 Å². The van der Waals surface area contributed by atoms with Crippen molar-refractivity contribution in [3.8, 4) is 0 Å². The third-order valence-electron chi connectivity index (χ3n) is 9.50. The van der Waals surface area contributed by atoms with Crippen LogP contribution in [0.1, 0.15) is 82.1 Å². The van der Waals surface area contributed by atoms with Gasteiger partial charge in [-0.25, -0.2) is 0 Å². The molecule has 3 N–H and O–H groups in total. The van der Waals surface area contributed by atoms with Gasteiger partial charge >= 0.3 is 5.97 Å². The van der Waals surface area contributed by atoms with Gasteiger partial charge in [-0.3, -0.25) is 9.59 Å². The van der Waals surface area contributed by atoms with Gasteiger partial charge in [-0.2, -0.15) is 0 Å². The molecular formula is C30H59NO7Si2. The Morgan fingerprint density at radius 3 is 2.10 bits per heavy atom. The minimum absolute atomic E-state index is 0.0495. The monoisotopic (exact) mass is 601 g/mol. The van der Waals surface area contributed by atoms with E-state index in [0.29, 0.717) is 6.61 Å². The van der Waals surface area contributed by atoms with Gasteiger partial charge in [0.15, 0.2) is 16.6 Å². The van der Waals surface area contributed by atoms with Crippen molar-refractivity contribution in [2.75, 3.05) is 13.2 Å². The molecule has 234 valence electrons. The molecule has 0 spiro atoms. The van der Waals surface area contributed by atoms with Crippen LogP contribution in [0, 0.1) is 11.3 Å². The number of ether oxygens (including phenoxy) is 1. The van der Waals surface area contributed by atoms with Crippen LogP contribution >= 0.6 is 0 Å². The number of esters is 1. The van der Waals surface area contributed by atoms with Gasteiger partial charge in [0, 0.05) is 18.8 Å². The summed E-state index contributed by atoms with van der Waals surface area (Å²) >= 11 is 0. The second-order valence-corrected chi connectivity index (χ2v) is 24.5. The highest BCUT2D eigenvalue weighted by Gasteiger charge is 2.59. The van der Waals surface area contributed by atoms with Gasteiger partial charge in [-0.05, 0) is 50.1 Å². The summed E-state index contributed by atoms with van der Waals surface area (Å²) in [6, 6.07) is -0.698. The summed E-state index contributed by atoms with van der Waals surface area (Å²) in [6.07, 6.45) is 0.0646. The van der Waals surface area contributed by atoms with Crippen molar-refractivity contribution in [2.24, 2.45) is 11.3 Å². The number of amides is 1. The molecule has 0 aliphatic carbocycles. The fraction of sp³-hybridized carbons (Fsp3) is 0.867. The normalized spacial score (nSPS) is 26.8. The van der Waals surface area contributed by atoms with Crippen LogP contribution in [-0.2, 0) is 23.2 Å². The number of cyclic esters (lactones) is 1. The molecule has 0 aromatic carbocycles. The molecule has 1 heterocycles. The Kier molecular flexibility index (Phi) is 12.5. The van der Waals surface area contributed by atoms with Crippen LogP contribution in [0.25, 0.3) is 0 Å². The van der Waals surface area contributed by atoms with E-state index in [4.69, 9.17) is 13.6 Å². The Bertz CT molecular complexity index is 907. The lowest BCUT2D eigenvalue weighted by molar-refractivity contribution is -0.197. The molecule has 1 saturated heterocycles. The van der Waals surface area contributed by atoms with Gasteiger partial charge in [0.25, 0.3) is 0 Å². The third kappa shape index (κ3) is 8.73. The first-order valence-corrected chi connectivity index (χ1v) is 20.5. The van der Waals surface area contributed by atoms with Crippen LogP contribution in [0.4, 0.5) is 0 Å². The first-order chi connectivity index (χ1) is 17.9. The Hall–Kier alpha value is -1.05. The van der Waals surface area contributed by atoms with Crippen LogP contribution in [-0.4, -0.2) is 76.3 Å². The second kappa shape index (κ2) is 13.5. The lowest BCUT2D eigenvalue weighted by Gasteiger charge is -2.53. The molecule has 40 heavy (non-hydrogen) atoms. The number of aliphatic hydroxyl groups excluding tert-OH is 2. The maximum Gasteiger partial charge on any atom is 0.317 e. The molecule has 1 rings (SSSR count). The molecular weight excluding hydrogens is 543 g/mol. The van der Waals surface area contributed by atoms with E-state index in [1.54, 1.807) is 6.92 Å². The summed E-state index contributed by atoms with van der Waals surface area (Å²) in [4.78, 5) is 26.8. The second-order valence-electron chi connectivity index (χ2n) is 14.9. The summed E-state index contributed by atoms with van der Waals surface area (Å²) in [6.45, 7) is 29.2. The van der Waals surface area contributed by atoms with Gasteiger partial charge in [0.2, 0.25) is 5.91 Å². The van der Waals surface area contributed by atoms with Crippen LogP contribution < -0.4 is 5.32 Å². The van der Waals surface area contributed by atoms with E-state index >= 15 is 0 Å². The molecule has 1 aliphatic heterocycles. The molecule has 1 fully saturated rings. The van der Waals surface area contributed by atoms with Crippen molar-refractivity contribution in [1.82, 2.24) is 5.32 Å². The molecule has 0 bridgehead atoms. The first kappa shape index (κ1) is 37.0. The molecule has 0 aromatic heterocycles. The van der Waals surface area contributed by atoms with Crippen molar-refractivity contribution in [2.45, 2.75) is 143 Å². The van der Waals surface area contributed by atoms with Gasteiger partial charge in [0.05, 0.1) is 31.5 Å². The van der Waals surface area contributed by atoms with Crippen LogP contribution in [0.2, 0.25) is 36.3 Å². The van der Waals surface area contributed by atoms with Crippen LogP contribution in [0.3, 0.4) is 0 Å². The zero-order valence-corrected chi connectivity index (χ0v) is 29.7. The SMILES string of the molecule is CCC(=O)N[C@H](/C=C(\C)CO[Si](C)(C)C(C)(C)C)[C@]1(C)C(=O)O[C@H](CC(O)CO)[C@@H](C)[C@@H]1O[Si](C)(C)C(C)(C)C. The van der Waals surface area contributed by atoms with Gasteiger partial charge in [0.1, 0.15) is 11.5 Å². The van der Waals surface area contributed by atoms with Gasteiger partial charge < -0.3 is 29.1 Å². The lowest BCUT2D eigenvalue weighted by Crippen LogP contribution is -2.66. The van der Waals surface area contributed by atoms with E-state index in [1.165, 1.54) is 0 Å². The Morgan fingerprint density at radius 1 is 1.12 bits per heavy atom. The van der Waals surface area contributed by atoms with Crippen molar-refractivity contribution in [3.63, 3.8) is 0 Å². The van der Waals surface area contributed by atoms with Crippen molar-refractivity contribution < 1.29 is 33.4 Å². The number of hydrogen-bond acceptors (Lipinski definition) is 7. The summed E-state index contributed by atoms with van der Waals surface area (Å²) < 4.78 is 19.4. The molecule has 0 saturated carbocycles. The third-order valence-corrected chi connectivity index (χ3v) is 18.4. The average Bonchev–Trinajstić information content (AvgIpc) is 2.81. The summed E-state index contributed by atoms with van der Waals surface area (Å²) in [5.41, 5.74) is -0.324. The zero-order chi connectivity index (χ0) is 31.5. The van der Waals surface area contributed by atoms with Crippen molar-refractivity contribution in [1.29, 1.82) is 0 Å². The summed E-state index contributed by atoms with van der Waals surface area (Å²) in [7, 11) is -4.42. The van der Waals surface area contributed by atoms with E-state index in [2.05, 4.69) is 73.0 Å². The van der Waals surface area contributed by atoms with Gasteiger partial charge in [-0.1, -0.05) is 67.0 Å². The number of aliphatic hydroxyl groups is 2. The van der Waals surface area contributed by atoms with E-state index in [0.717, 1.165) is 5.57 Å². The standard InChI is InChI=1S/C30H59NO7Si2/c1-15-25(34)31-24(16-20(2)19-36-39(11,12)28(4,5)6)30(10)26(38-40(13,14)29(7,8)9)21(3)23(37-27(30)35)17-22(33)18-32/h16,21-24,26,32-33H,15,17-19H2,1-14H3,(H,31,34)/b20-16+/t21-,22?,23-,24-,26+,30+/m1/s1. The summed E-state index contributed by atoms with van der Waals surface area (Å²) in [5.74, 6) is -0.957.